The van der Waals surface area contributed by atoms with E-state index in [0.29, 0.717) is 25.1 Å². The molecule has 0 saturated carbocycles. The van der Waals surface area contributed by atoms with Gasteiger partial charge in [-0.1, -0.05) is 0 Å². The standard InChI is InChI=1S/C16H21N5O2S/c1-11-7-14-15(8-12(11)2)20-10-13(9-17)16(14)19-5-3-4-6-21-24(18,22)23/h7-8,10,21H,3-6H2,1-2H3,(H,19,20)(H2,18,22,23). The van der Waals surface area contributed by atoms with Crippen LogP contribution in [0.2, 0.25) is 0 Å². The second-order valence-corrected chi connectivity index (χ2v) is 7.06. The maximum Gasteiger partial charge on any atom is 0.274 e. The van der Waals surface area contributed by atoms with Crippen LogP contribution in [0.3, 0.4) is 0 Å². The van der Waals surface area contributed by atoms with Gasteiger partial charge in [0.15, 0.2) is 0 Å². The van der Waals surface area contributed by atoms with Crippen molar-refractivity contribution < 1.29 is 8.42 Å². The molecule has 0 spiro atoms. The zero-order chi connectivity index (χ0) is 17.7. The molecule has 0 fully saturated rings. The molecule has 1 aromatic carbocycles. The first kappa shape index (κ1) is 18.1. The monoisotopic (exact) mass is 347 g/mol. The van der Waals surface area contributed by atoms with Crippen molar-refractivity contribution in [3.63, 3.8) is 0 Å². The lowest BCUT2D eigenvalue weighted by Crippen LogP contribution is -2.31. The van der Waals surface area contributed by atoms with Gasteiger partial charge in [0.25, 0.3) is 10.2 Å². The molecule has 0 saturated heterocycles. The Morgan fingerprint density at radius 3 is 2.54 bits per heavy atom. The number of aromatic nitrogens is 1. The largest absolute Gasteiger partial charge is 0.383 e. The Kier molecular flexibility index (Phi) is 5.72. The van der Waals surface area contributed by atoms with Gasteiger partial charge >= 0.3 is 0 Å². The number of anilines is 1. The first-order valence-electron chi connectivity index (χ1n) is 7.63. The number of unbranched alkanes of at least 4 members (excludes halogenated alkanes) is 1. The van der Waals surface area contributed by atoms with Crippen molar-refractivity contribution in [2.45, 2.75) is 26.7 Å². The third kappa shape index (κ3) is 4.64. The predicted molar refractivity (Wildman–Crippen MR) is 94.8 cm³/mol. The molecule has 1 heterocycles. The number of fused-ring (bicyclic) bond motifs is 1. The van der Waals surface area contributed by atoms with Gasteiger partial charge in [-0.2, -0.15) is 13.7 Å². The van der Waals surface area contributed by atoms with Gasteiger partial charge in [0.05, 0.1) is 16.8 Å². The minimum atomic E-state index is -3.63. The summed E-state index contributed by atoms with van der Waals surface area (Å²) in [7, 11) is -3.63. The molecule has 0 amide bonds. The number of aryl methyl sites for hydroxylation is 2. The van der Waals surface area contributed by atoms with Crippen LogP contribution in [0.1, 0.15) is 29.5 Å². The van der Waals surface area contributed by atoms with Crippen molar-refractivity contribution in [3.8, 4) is 6.07 Å². The lowest BCUT2D eigenvalue weighted by molar-refractivity contribution is 0.579. The van der Waals surface area contributed by atoms with Crippen LogP contribution in [0.4, 0.5) is 5.69 Å². The number of rotatable bonds is 7. The fourth-order valence-electron chi connectivity index (χ4n) is 2.40. The zero-order valence-electron chi connectivity index (χ0n) is 13.8. The second-order valence-electron chi connectivity index (χ2n) is 5.69. The molecule has 0 radical (unpaired) electrons. The van der Waals surface area contributed by atoms with Crippen molar-refractivity contribution in [3.05, 3.63) is 35.0 Å². The van der Waals surface area contributed by atoms with Crippen molar-refractivity contribution in [1.29, 1.82) is 5.26 Å². The summed E-state index contributed by atoms with van der Waals surface area (Å²) in [6.07, 6.45) is 2.95. The molecule has 0 aliphatic heterocycles. The quantitative estimate of drug-likeness (QED) is 0.658. The Bertz CT molecular complexity index is 887. The summed E-state index contributed by atoms with van der Waals surface area (Å²) in [5.74, 6) is 0. The number of nitrogens with zero attached hydrogens (tertiary/aromatic N) is 2. The number of benzene rings is 1. The van der Waals surface area contributed by atoms with Crippen LogP contribution in [0, 0.1) is 25.2 Å². The van der Waals surface area contributed by atoms with E-state index >= 15 is 0 Å². The van der Waals surface area contributed by atoms with E-state index in [1.165, 1.54) is 0 Å². The average molecular weight is 347 g/mol. The fourth-order valence-corrected chi connectivity index (χ4v) is 2.83. The lowest BCUT2D eigenvalue weighted by atomic mass is 10.0. The molecule has 0 aliphatic carbocycles. The molecule has 128 valence electrons. The maximum absolute atomic E-state index is 10.8. The molecular formula is C16H21N5O2S. The van der Waals surface area contributed by atoms with Crippen molar-refractivity contribution in [2.24, 2.45) is 5.14 Å². The average Bonchev–Trinajstić information content (AvgIpc) is 2.51. The van der Waals surface area contributed by atoms with Crippen LogP contribution in [-0.4, -0.2) is 26.5 Å². The Morgan fingerprint density at radius 1 is 1.21 bits per heavy atom. The third-order valence-electron chi connectivity index (χ3n) is 3.81. The van der Waals surface area contributed by atoms with Crippen molar-refractivity contribution in [1.82, 2.24) is 9.71 Å². The van der Waals surface area contributed by atoms with Gasteiger partial charge in [0.1, 0.15) is 6.07 Å². The number of nitrogens with two attached hydrogens (primary N) is 1. The number of nitriles is 1. The normalized spacial score (nSPS) is 11.4. The van der Waals surface area contributed by atoms with Crippen LogP contribution in [0.15, 0.2) is 18.3 Å². The molecule has 0 unspecified atom stereocenters. The van der Waals surface area contributed by atoms with Gasteiger partial charge in [-0.25, -0.2) is 9.86 Å². The zero-order valence-corrected chi connectivity index (χ0v) is 14.6. The van der Waals surface area contributed by atoms with E-state index in [9.17, 15) is 13.7 Å². The van der Waals surface area contributed by atoms with Gasteiger partial charge in [-0.15, -0.1) is 0 Å². The van der Waals surface area contributed by atoms with Gasteiger partial charge in [0, 0.05) is 24.7 Å². The minimum Gasteiger partial charge on any atom is -0.383 e. The fraction of sp³-hybridized carbons (Fsp3) is 0.375. The Labute approximate surface area is 142 Å². The molecule has 8 heteroatoms. The van der Waals surface area contributed by atoms with Gasteiger partial charge in [-0.3, -0.25) is 4.98 Å². The first-order valence-corrected chi connectivity index (χ1v) is 9.18. The summed E-state index contributed by atoms with van der Waals surface area (Å²) in [6, 6.07) is 6.20. The number of hydrogen-bond acceptors (Lipinski definition) is 5. The van der Waals surface area contributed by atoms with Crippen LogP contribution in [-0.2, 0) is 10.2 Å². The number of pyridine rings is 1. The van der Waals surface area contributed by atoms with E-state index in [1.807, 2.05) is 26.0 Å². The maximum atomic E-state index is 10.8. The topological polar surface area (TPSA) is 121 Å². The number of nitrogens with one attached hydrogen (secondary N) is 2. The van der Waals surface area contributed by atoms with E-state index in [1.54, 1.807) is 6.20 Å². The highest BCUT2D eigenvalue weighted by atomic mass is 32.2. The third-order valence-corrected chi connectivity index (χ3v) is 4.42. The van der Waals surface area contributed by atoms with E-state index in [-0.39, 0.29) is 0 Å². The molecule has 2 aromatic rings. The van der Waals surface area contributed by atoms with E-state index < -0.39 is 10.2 Å². The highest BCUT2D eigenvalue weighted by Crippen LogP contribution is 2.28. The minimum absolute atomic E-state index is 0.293. The van der Waals surface area contributed by atoms with Crippen LogP contribution >= 0.6 is 0 Å². The Hall–Kier alpha value is -2.21. The Balaban J connectivity index is 2.10. The van der Waals surface area contributed by atoms with Crippen molar-refractivity contribution in [2.75, 3.05) is 18.4 Å². The molecule has 0 bridgehead atoms. The van der Waals surface area contributed by atoms with Crippen LogP contribution in [0.25, 0.3) is 10.9 Å². The van der Waals surface area contributed by atoms with E-state index in [2.05, 4.69) is 21.1 Å². The molecule has 0 atom stereocenters. The summed E-state index contributed by atoms with van der Waals surface area (Å²) >= 11 is 0. The summed E-state index contributed by atoms with van der Waals surface area (Å²) < 4.78 is 23.8. The van der Waals surface area contributed by atoms with Gasteiger partial charge in [0.2, 0.25) is 0 Å². The molecule has 4 N–H and O–H groups in total. The summed E-state index contributed by atoms with van der Waals surface area (Å²) in [5.41, 5.74) is 4.40. The number of hydrogen-bond donors (Lipinski definition) is 3. The molecule has 1 aromatic heterocycles. The first-order chi connectivity index (χ1) is 11.3. The second kappa shape index (κ2) is 7.57. The van der Waals surface area contributed by atoms with Gasteiger partial charge < -0.3 is 5.32 Å². The highest BCUT2D eigenvalue weighted by Gasteiger charge is 2.10. The highest BCUT2D eigenvalue weighted by molar-refractivity contribution is 7.87. The van der Waals surface area contributed by atoms with E-state index in [4.69, 9.17) is 5.14 Å². The summed E-state index contributed by atoms with van der Waals surface area (Å²) in [6.45, 7) is 4.96. The Morgan fingerprint density at radius 2 is 1.88 bits per heavy atom. The summed E-state index contributed by atoms with van der Waals surface area (Å²) in [5, 5.41) is 18.4. The molecule has 2 rings (SSSR count). The van der Waals surface area contributed by atoms with Gasteiger partial charge in [-0.05, 0) is 49.9 Å². The van der Waals surface area contributed by atoms with E-state index in [0.717, 1.165) is 34.1 Å². The van der Waals surface area contributed by atoms with Crippen LogP contribution < -0.4 is 15.2 Å². The SMILES string of the molecule is Cc1cc2ncc(C#N)c(NCCCCNS(N)(=O)=O)c2cc1C. The van der Waals surface area contributed by atoms with Crippen molar-refractivity contribution >= 4 is 26.8 Å². The molecule has 7 nitrogen and oxygen atoms in total. The molecular weight excluding hydrogens is 326 g/mol. The smallest absolute Gasteiger partial charge is 0.274 e. The molecule has 0 aliphatic rings. The lowest BCUT2D eigenvalue weighted by Gasteiger charge is -2.13. The summed E-state index contributed by atoms with van der Waals surface area (Å²) in [4.78, 5) is 4.35. The molecule has 24 heavy (non-hydrogen) atoms. The predicted octanol–water partition coefficient (Wildman–Crippen LogP) is 1.71. The van der Waals surface area contributed by atoms with Crippen LogP contribution in [0.5, 0.6) is 0 Å².